The Kier molecular flexibility index (Phi) is 4.60. The third kappa shape index (κ3) is 4.50. The minimum Gasteiger partial charge on any atom is -0.406 e. The summed E-state index contributed by atoms with van der Waals surface area (Å²) in [5, 5.41) is 2.56. The molecular formula is C17H14F3N3O2. The number of carbonyl (C=O) groups excluding carboxylic acids is 1. The Bertz CT molecular complexity index is 890. The van der Waals surface area contributed by atoms with E-state index in [4.69, 9.17) is 0 Å². The predicted molar refractivity (Wildman–Crippen MR) is 86.1 cm³/mol. The van der Waals surface area contributed by atoms with Gasteiger partial charge in [-0.05, 0) is 24.3 Å². The fraction of sp³-hybridized carbons (Fsp3) is 0.176. The lowest BCUT2D eigenvalue weighted by Crippen LogP contribution is -2.17. The molecule has 0 unspecified atom stereocenters. The summed E-state index contributed by atoms with van der Waals surface area (Å²) < 4.78 is 42.3. The molecule has 1 heterocycles. The molecule has 0 bridgehead atoms. The molecule has 0 saturated carbocycles. The number of rotatable bonds is 5. The van der Waals surface area contributed by atoms with Crippen LogP contribution in [0.25, 0.3) is 11.0 Å². The van der Waals surface area contributed by atoms with Crippen molar-refractivity contribution >= 4 is 22.6 Å². The smallest absolute Gasteiger partial charge is 0.406 e. The summed E-state index contributed by atoms with van der Waals surface area (Å²) in [4.78, 5) is 16.3. The molecule has 0 radical (unpaired) electrons. The van der Waals surface area contributed by atoms with Crippen molar-refractivity contribution in [2.45, 2.75) is 19.3 Å². The van der Waals surface area contributed by atoms with Gasteiger partial charge in [0.05, 0.1) is 17.4 Å². The van der Waals surface area contributed by atoms with E-state index in [1.54, 1.807) is 6.33 Å². The Morgan fingerprint density at radius 1 is 1.16 bits per heavy atom. The van der Waals surface area contributed by atoms with E-state index in [1.807, 2.05) is 28.8 Å². The van der Waals surface area contributed by atoms with Crippen molar-refractivity contribution in [3.05, 3.63) is 54.9 Å². The summed E-state index contributed by atoms with van der Waals surface area (Å²) in [5.41, 5.74) is 1.98. The number of aromatic nitrogens is 2. The summed E-state index contributed by atoms with van der Waals surface area (Å²) in [6, 6.07) is 12.7. The molecule has 0 fully saturated rings. The molecule has 25 heavy (non-hydrogen) atoms. The molecule has 1 amide bonds. The van der Waals surface area contributed by atoms with Crippen molar-refractivity contribution in [1.29, 1.82) is 0 Å². The highest BCUT2D eigenvalue weighted by atomic mass is 19.4. The average Bonchev–Trinajstić information content (AvgIpc) is 2.95. The van der Waals surface area contributed by atoms with Crippen molar-refractivity contribution < 1.29 is 22.7 Å². The minimum atomic E-state index is -4.77. The number of para-hydroxylation sites is 2. The number of carbonyl (C=O) groups is 1. The predicted octanol–water partition coefficient (Wildman–Crippen LogP) is 3.96. The zero-order valence-electron chi connectivity index (χ0n) is 13.0. The second-order valence-electron chi connectivity index (χ2n) is 5.30. The maximum Gasteiger partial charge on any atom is 0.573 e. The summed E-state index contributed by atoms with van der Waals surface area (Å²) in [5.74, 6) is -0.701. The number of nitrogens with zero attached hydrogens (tertiary/aromatic N) is 2. The first-order valence-corrected chi connectivity index (χ1v) is 7.46. The van der Waals surface area contributed by atoms with Gasteiger partial charge in [0.15, 0.2) is 0 Å². The number of amides is 1. The van der Waals surface area contributed by atoms with Crippen LogP contribution in [-0.4, -0.2) is 21.8 Å². The summed E-state index contributed by atoms with van der Waals surface area (Å²) in [6.45, 7) is 0.408. The number of imidazole rings is 1. The maximum atomic E-state index is 12.2. The van der Waals surface area contributed by atoms with E-state index >= 15 is 0 Å². The molecule has 0 saturated heterocycles. The number of anilines is 1. The fourth-order valence-electron chi connectivity index (χ4n) is 2.40. The van der Waals surface area contributed by atoms with Gasteiger partial charge in [-0.2, -0.15) is 0 Å². The van der Waals surface area contributed by atoms with Crippen LogP contribution >= 0.6 is 0 Å². The second-order valence-corrected chi connectivity index (χ2v) is 5.30. The van der Waals surface area contributed by atoms with Gasteiger partial charge in [-0.25, -0.2) is 4.98 Å². The van der Waals surface area contributed by atoms with Crippen molar-refractivity contribution in [1.82, 2.24) is 9.55 Å². The second kappa shape index (κ2) is 6.84. The Morgan fingerprint density at radius 3 is 2.76 bits per heavy atom. The Hall–Kier alpha value is -3.03. The van der Waals surface area contributed by atoms with Gasteiger partial charge >= 0.3 is 6.36 Å². The third-order valence-corrected chi connectivity index (χ3v) is 3.46. The summed E-state index contributed by atoms with van der Waals surface area (Å²) in [7, 11) is 0. The Morgan fingerprint density at radius 2 is 1.96 bits per heavy atom. The average molecular weight is 349 g/mol. The van der Waals surface area contributed by atoms with Gasteiger partial charge in [-0.15, -0.1) is 13.2 Å². The van der Waals surface area contributed by atoms with Gasteiger partial charge < -0.3 is 14.6 Å². The van der Waals surface area contributed by atoms with Gasteiger partial charge in [0.2, 0.25) is 5.91 Å². The third-order valence-electron chi connectivity index (χ3n) is 3.46. The van der Waals surface area contributed by atoms with Crippen LogP contribution in [0.2, 0.25) is 0 Å². The Balaban J connectivity index is 1.60. The lowest BCUT2D eigenvalue weighted by Gasteiger charge is -2.11. The number of hydrogen-bond donors (Lipinski definition) is 1. The van der Waals surface area contributed by atoms with Crippen LogP contribution in [0.5, 0.6) is 5.75 Å². The monoisotopic (exact) mass is 349 g/mol. The highest BCUT2D eigenvalue weighted by molar-refractivity contribution is 5.91. The highest BCUT2D eigenvalue weighted by Gasteiger charge is 2.31. The van der Waals surface area contributed by atoms with Crippen molar-refractivity contribution in [2.24, 2.45) is 0 Å². The zero-order chi connectivity index (χ0) is 17.9. The van der Waals surface area contributed by atoms with Crippen LogP contribution in [0, 0.1) is 0 Å². The number of halogens is 3. The number of fused-ring (bicyclic) bond motifs is 1. The molecule has 0 aliphatic carbocycles. The number of benzene rings is 2. The molecule has 0 atom stereocenters. The van der Waals surface area contributed by atoms with E-state index in [1.165, 1.54) is 18.2 Å². The molecule has 0 aliphatic heterocycles. The van der Waals surface area contributed by atoms with Crippen LogP contribution in [0.3, 0.4) is 0 Å². The minimum absolute atomic E-state index is 0.157. The maximum absolute atomic E-state index is 12.2. The topological polar surface area (TPSA) is 56.2 Å². The number of ether oxygens (including phenoxy) is 1. The lowest BCUT2D eigenvalue weighted by molar-refractivity contribution is -0.274. The van der Waals surface area contributed by atoms with E-state index in [-0.39, 0.29) is 23.8 Å². The standard InChI is InChI=1S/C17H14F3N3O2/c18-17(19,20)25-13-5-3-4-12(10-13)22-16(24)8-9-23-11-21-14-6-1-2-7-15(14)23/h1-7,10-11H,8-9H2,(H,22,24). The first kappa shape index (κ1) is 16.8. The molecule has 0 spiro atoms. The quantitative estimate of drug-likeness (QED) is 0.758. The number of nitrogens with one attached hydrogen (secondary N) is 1. The van der Waals surface area contributed by atoms with Crippen LogP contribution in [0.1, 0.15) is 6.42 Å². The lowest BCUT2D eigenvalue weighted by atomic mass is 10.3. The van der Waals surface area contributed by atoms with Crippen LogP contribution < -0.4 is 10.1 Å². The zero-order valence-corrected chi connectivity index (χ0v) is 13.0. The van der Waals surface area contributed by atoms with Gasteiger partial charge in [0.25, 0.3) is 0 Å². The number of aryl methyl sites for hydroxylation is 1. The van der Waals surface area contributed by atoms with Crippen molar-refractivity contribution in [3.8, 4) is 5.75 Å². The molecule has 1 aromatic heterocycles. The summed E-state index contributed by atoms with van der Waals surface area (Å²) in [6.07, 6.45) is -2.97. The van der Waals surface area contributed by atoms with Gasteiger partial charge in [0.1, 0.15) is 5.75 Å². The molecule has 8 heteroatoms. The SMILES string of the molecule is O=C(CCn1cnc2ccccc21)Nc1cccc(OC(F)(F)F)c1. The first-order valence-electron chi connectivity index (χ1n) is 7.46. The van der Waals surface area contributed by atoms with Crippen LogP contribution in [0.4, 0.5) is 18.9 Å². The highest BCUT2D eigenvalue weighted by Crippen LogP contribution is 2.25. The largest absolute Gasteiger partial charge is 0.573 e. The van der Waals surface area contributed by atoms with Crippen LogP contribution in [0.15, 0.2) is 54.9 Å². The normalized spacial score (nSPS) is 11.5. The van der Waals surface area contributed by atoms with E-state index in [9.17, 15) is 18.0 Å². The fourth-order valence-corrected chi connectivity index (χ4v) is 2.40. The number of hydrogen-bond acceptors (Lipinski definition) is 3. The molecular weight excluding hydrogens is 335 g/mol. The molecule has 2 aromatic carbocycles. The van der Waals surface area contributed by atoms with E-state index < -0.39 is 6.36 Å². The van der Waals surface area contributed by atoms with Crippen molar-refractivity contribution in [3.63, 3.8) is 0 Å². The molecule has 3 aromatic rings. The van der Waals surface area contributed by atoms with Gasteiger partial charge in [-0.3, -0.25) is 4.79 Å². The van der Waals surface area contributed by atoms with E-state index in [0.717, 1.165) is 17.1 Å². The van der Waals surface area contributed by atoms with Crippen LogP contribution in [-0.2, 0) is 11.3 Å². The molecule has 1 N–H and O–H groups in total. The molecule has 5 nitrogen and oxygen atoms in total. The van der Waals surface area contributed by atoms with E-state index in [0.29, 0.717) is 6.54 Å². The van der Waals surface area contributed by atoms with Gasteiger partial charge in [0, 0.05) is 24.7 Å². The first-order chi connectivity index (χ1) is 11.9. The Labute approximate surface area is 141 Å². The summed E-state index contributed by atoms with van der Waals surface area (Å²) >= 11 is 0. The molecule has 0 aliphatic rings. The van der Waals surface area contributed by atoms with E-state index in [2.05, 4.69) is 15.0 Å². The van der Waals surface area contributed by atoms with Gasteiger partial charge in [-0.1, -0.05) is 18.2 Å². The van der Waals surface area contributed by atoms with Crippen molar-refractivity contribution in [2.75, 3.05) is 5.32 Å². The number of alkyl halides is 3. The molecule has 130 valence electrons. The molecule has 3 rings (SSSR count).